The third-order valence-electron chi connectivity index (χ3n) is 4.66. The van der Waals surface area contributed by atoms with Crippen molar-refractivity contribution in [2.24, 2.45) is 4.99 Å². The standard InChI is InChI=1S/C21H23N5O2/c1-25(2)11-12-28-18-7-3-6-16-20(18)24-19(26-10-9-23-21(16)26)13-17(27)15-5-4-8-22-14-15/h3-8,13-14,24H,9-12H2,1-2H3. The summed E-state index contributed by atoms with van der Waals surface area (Å²) in [5.41, 5.74) is 2.39. The highest BCUT2D eigenvalue weighted by atomic mass is 16.5. The Balaban J connectivity index is 1.66. The number of carbonyl (C=O) groups is 1. The Bertz CT molecular complexity index is 937. The maximum absolute atomic E-state index is 12.7. The van der Waals surface area contributed by atoms with Gasteiger partial charge in [0, 0.05) is 42.7 Å². The number of carbonyl (C=O) groups excluding carboxylic acids is 1. The number of rotatable bonds is 6. The van der Waals surface area contributed by atoms with Crippen LogP contribution in [-0.2, 0) is 0 Å². The fourth-order valence-electron chi connectivity index (χ4n) is 3.24. The number of hydrogen-bond donors (Lipinski definition) is 1. The highest BCUT2D eigenvalue weighted by Crippen LogP contribution is 2.37. The molecule has 0 radical (unpaired) electrons. The molecule has 1 N–H and O–H groups in total. The summed E-state index contributed by atoms with van der Waals surface area (Å²) in [5.74, 6) is 2.24. The Kier molecular flexibility index (Phi) is 5.08. The van der Waals surface area contributed by atoms with Crippen LogP contribution < -0.4 is 10.1 Å². The number of fused-ring (bicyclic) bond motifs is 3. The van der Waals surface area contributed by atoms with Crippen molar-refractivity contribution < 1.29 is 9.53 Å². The predicted octanol–water partition coefficient (Wildman–Crippen LogP) is 2.23. The summed E-state index contributed by atoms with van der Waals surface area (Å²) in [6.07, 6.45) is 4.84. The van der Waals surface area contributed by atoms with Gasteiger partial charge in [0.2, 0.25) is 0 Å². The molecule has 0 aliphatic carbocycles. The van der Waals surface area contributed by atoms with E-state index in [1.807, 2.05) is 37.2 Å². The summed E-state index contributed by atoms with van der Waals surface area (Å²) in [5, 5.41) is 3.40. The van der Waals surface area contributed by atoms with Crippen molar-refractivity contribution in [3.05, 3.63) is 65.7 Å². The van der Waals surface area contributed by atoms with Gasteiger partial charge in [-0.3, -0.25) is 14.8 Å². The molecule has 0 spiro atoms. The fourth-order valence-corrected chi connectivity index (χ4v) is 3.24. The van der Waals surface area contributed by atoms with Gasteiger partial charge in [-0.2, -0.15) is 0 Å². The molecule has 2 aromatic rings. The van der Waals surface area contributed by atoms with Gasteiger partial charge in [0.15, 0.2) is 5.78 Å². The van der Waals surface area contributed by atoms with Gasteiger partial charge in [-0.25, -0.2) is 0 Å². The van der Waals surface area contributed by atoms with Crippen LogP contribution >= 0.6 is 0 Å². The topological polar surface area (TPSA) is 70.1 Å². The van der Waals surface area contributed by atoms with Gasteiger partial charge in [0.05, 0.1) is 12.2 Å². The van der Waals surface area contributed by atoms with Crippen LogP contribution in [0, 0.1) is 0 Å². The number of aromatic nitrogens is 1. The molecule has 3 heterocycles. The normalized spacial score (nSPS) is 16.5. The number of benzene rings is 1. The highest BCUT2D eigenvalue weighted by molar-refractivity contribution is 6.11. The molecule has 1 aromatic carbocycles. The number of pyridine rings is 1. The summed E-state index contributed by atoms with van der Waals surface area (Å²) < 4.78 is 6.00. The third-order valence-corrected chi connectivity index (χ3v) is 4.66. The number of aliphatic imine (C=N–C) groups is 1. The van der Waals surface area contributed by atoms with Crippen LogP contribution in [0.15, 0.2) is 59.6 Å². The molecule has 4 rings (SSSR count). The summed E-state index contributed by atoms with van der Waals surface area (Å²) in [6, 6.07) is 9.46. The van der Waals surface area contributed by atoms with E-state index in [1.54, 1.807) is 30.6 Å². The molecule has 0 saturated heterocycles. The van der Waals surface area contributed by atoms with Crippen LogP contribution in [0.25, 0.3) is 0 Å². The minimum atomic E-state index is -0.101. The zero-order valence-electron chi connectivity index (χ0n) is 16.1. The molecule has 0 amide bonds. The van der Waals surface area contributed by atoms with Crippen LogP contribution in [0.5, 0.6) is 5.75 Å². The second-order valence-corrected chi connectivity index (χ2v) is 6.95. The molecule has 2 aliphatic rings. The molecular weight excluding hydrogens is 354 g/mol. The Morgan fingerprint density at radius 2 is 2.21 bits per heavy atom. The zero-order chi connectivity index (χ0) is 19.5. The minimum absolute atomic E-state index is 0.101. The number of allylic oxidation sites excluding steroid dienone is 1. The van der Waals surface area contributed by atoms with Crippen LogP contribution in [0.3, 0.4) is 0 Å². The van der Waals surface area contributed by atoms with E-state index in [-0.39, 0.29) is 5.78 Å². The van der Waals surface area contributed by atoms with E-state index in [9.17, 15) is 4.79 Å². The number of nitrogens with one attached hydrogen (secondary N) is 1. The molecule has 0 bridgehead atoms. The number of ether oxygens (including phenoxy) is 1. The van der Waals surface area contributed by atoms with E-state index < -0.39 is 0 Å². The van der Waals surface area contributed by atoms with Crippen LogP contribution in [-0.4, -0.2) is 66.7 Å². The van der Waals surface area contributed by atoms with Crippen LogP contribution in [0.4, 0.5) is 5.69 Å². The summed E-state index contributed by atoms with van der Waals surface area (Å²) in [4.78, 5) is 25.5. The summed E-state index contributed by atoms with van der Waals surface area (Å²) in [6.45, 7) is 2.83. The molecule has 28 heavy (non-hydrogen) atoms. The fraction of sp³-hybridized carbons (Fsp3) is 0.286. The monoisotopic (exact) mass is 377 g/mol. The molecule has 1 aromatic heterocycles. The first kappa shape index (κ1) is 18.2. The number of para-hydroxylation sites is 1. The first-order chi connectivity index (χ1) is 13.6. The number of anilines is 1. The second kappa shape index (κ2) is 7.82. The molecule has 0 unspecified atom stereocenters. The lowest BCUT2D eigenvalue weighted by Crippen LogP contribution is -2.36. The van der Waals surface area contributed by atoms with E-state index >= 15 is 0 Å². The molecule has 144 valence electrons. The van der Waals surface area contributed by atoms with Gasteiger partial charge in [0.25, 0.3) is 0 Å². The van der Waals surface area contributed by atoms with Crippen molar-refractivity contribution in [1.82, 2.24) is 14.8 Å². The van der Waals surface area contributed by atoms with Gasteiger partial charge in [-0.05, 0) is 38.4 Å². The van der Waals surface area contributed by atoms with Crippen LogP contribution in [0.1, 0.15) is 15.9 Å². The first-order valence-corrected chi connectivity index (χ1v) is 9.29. The Hall–Kier alpha value is -3.19. The summed E-state index contributed by atoms with van der Waals surface area (Å²) in [7, 11) is 4.02. The van der Waals surface area contributed by atoms with Gasteiger partial charge in [0.1, 0.15) is 24.0 Å². The molecule has 0 atom stereocenters. The van der Waals surface area contributed by atoms with Crippen molar-refractivity contribution in [2.75, 3.05) is 45.7 Å². The first-order valence-electron chi connectivity index (χ1n) is 9.29. The lowest BCUT2D eigenvalue weighted by atomic mass is 10.1. The number of ketones is 1. The van der Waals surface area contributed by atoms with E-state index in [0.717, 1.165) is 35.9 Å². The van der Waals surface area contributed by atoms with Crippen molar-refractivity contribution >= 4 is 17.3 Å². The van der Waals surface area contributed by atoms with Crippen molar-refractivity contribution in [3.63, 3.8) is 0 Å². The molecule has 0 saturated carbocycles. The van der Waals surface area contributed by atoms with E-state index in [2.05, 4.69) is 20.2 Å². The summed E-state index contributed by atoms with van der Waals surface area (Å²) >= 11 is 0. The van der Waals surface area contributed by atoms with Gasteiger partial charge >= 0.3 is 0 Å². The van der Waals surface area contributed by atoms with Gasteiger partial charge in [-0.1, -0.05) is 6.07 Å². The van der Waals surface area contributed by atoms with Crippen molar-refractivity contribution in [2.45, 2.75) is 0 Å². The Labute approximate surface area is 164 Å². The number of amidine groups is 1. The van der Waals surface area contributed by atoms with Gasteiger partial charge < -0.3 is 19.9 Å². The molecule has 7 nitrogen and oxygen atoms in total. The van der Waals surface area contributed by atoms with E-state index in [4.69, 9.17) is 4.74 Å². The zero-order valence-corrected chi connectivity index (χ0v) is 16.1. The van der Waals surface area contributed by atoms with Gasteiger partial charge in [-0.15, -0.1) is 0 Å². The van der Waals surface area contributed by atoms with E-state index in [1.165, 1.54) is 0 Å². The second-order valence-electron chi connectivity index (χ2n) is 6.95. The average molecular weight is 377 g/mol. The maximum atomic E-state index is 12.7. The largest absolute Gasteiger partial charge is 0.490 e. The maximum Gasteiger partial charge on any atom is 0.191 e. The Morgan fingerprint density at radius 1 is 1.32 bits per heavy atom. The van der Waals surface area contributed by atoms with E-state index in [0.29, 0.717) is 24.5 Å². The molecule has 2 aliphatic heterocycles. The molecular formula is C21H23N5O2. The number of likely N-dealkylation sites (N-methyl/N-ethyl adjacent to an activating group) is 1. The Morgan fingerprint density at radius 3 is 3.00 bits per heavy atom. The van der Waals surface area contributed by atoms with Crippen molar-refractivity contribution in [3.8, 4) is 5.75 Å². The lowest BCUT2D eigenvalue weighted by Gasteiger charge is -2.32. The quantitative estimate of drug-likeness (QED) is 0.615. The van der Waals surface area contributed by atoms with Crippen LogP contribution in [0.2, 0.25) is 0 Å². The lowest BCUT2D eigenvalue weighted by molar-refractivity contribution is 0.104. The predicted molar refractivity (Wildman–Crippen MR) is 109 cm³/mol. The average Bonchev–Trinajstić information content (AvgIpc) is 3.19. The third kappa shape index (κ3) is 3.61. The number of hydrogen-bond acceptors (Lipinski definition) is 7. The van der Waals surface area contributed by atoms with Crippen molar-refractivity contribution in [1.29, 1.82) is 0 Å². The molecule has 7 heteroatoms. The molecule has 0 fully saturated rings. The minimum Gasteiger partial charge on any atom is -0.490 e. The number of nitrogens with zero attached hydrogens (tertiary/aromatic N) is 4. The SMILES string of the molecule is CN(C)CCOc1cccc2c1NC(=CC(=O)c1cccnc1)N1CCN=C21. The smallest absolute Gasteiger partial charge is 0.191 e. The highest BCUT2D eigenvalue weighted by Gasteiger charge is 2.31.